The summed E-state index contributed by atoms with van der Waals surface area (Å²) in [5.41, 5.74) is 0.790. The van der Waals surface area contributed by atoms with Gasteiger partial charge in [-0.2, -0.15) is 0 Å². The van der Waals surface area contributed by atoms with Gasteiger partial charge in [-0.15, -0.1) is 0 Å². The number of carbonyl (C=O) groups excluding carboxylic acids is 1. The van der Waals surface area contributed by atoms with Crippen LogP contribution >= 0.6 is 0 Å². The van der Waals surface area contributed by atoms with Gasteiger partial charge < -0.3 is 14.2 Å². The van der Waals surface area contributed by atoms with Gasteiger partial charge in [0.15, 0.2) is 11.5 Å². The molecule has 1 rings (SSSR count). The van der Waals surface area contributed by atoms with E-state index < -0.39 is 0 Å². The van der Waals surface area contributed by atoms with Crippen molar-refractivity contribution in [3.63, 3.8) is 0 Å². The highest BCUT2D eigenvalue weighted by molar-refractivity contribution is 5.79. The first-order valence-electron chi connectivity index (χ1n) is 8.46. The van der Waals surface area contributed by atoms with Crippen LogP contribution in [-0.4, -0.2) is 26.8 Å². The highest BCUT2D eigenvalue weighted by Crippen LogP contribution is 2.35. The Balaban J connectivity index is 2.73. The molecule has 0 aliphatic heterocycles. The summed E-state index contributed by atoms with van der Waals surface area (Å²) in [6.45, 7) is 6.65. The van der Waals surface area contributed by atoms with E-state index >= 15 is 0 Å². The minimum Gasteiger partial charge on any atom is -0.493 e. The molecule has 0 heterocycles. The van der Waals surface area contributed by atoms with E-state index in [0.29, 0.717) is 24.0 Å². The Labute approximate surface area is 140 Å². The van der Waals surface area contributed by atoms with E-state index in [-0.39, 0.29) is 11.9 Å². The lowest BCUT2D eigenvalue weighted by Gasteiger charge is -2.19. The number of methoxy groups -OCH3 is 2. The molecule has 0 aliphatic rings. The van der Waals surface area contributed by atoms with Gasteiger partial charge in [0.2, 0.25) is 0 Å². The lowest BCUT2D eigenvalue weighted by molar-refractivity contribution is -0.146. The molecule has 23 heavy (non-hydrogen) atoms. The molecule has 1 aromatic rings. The third kappa shape index (κ3) is 5.45. The van der Waals surface area contributed by atoms with Crippen LogP contribution in [0.25, 0.3) is 0 Å². The van der Waals surface area contributed by atoms with E-state index in [1.54, 1.807) is 14.2 Å². The quantitative estimate of drug-likeness (QED) is 0.592. The molecule has 130 valence electrons. The number of ether oxygens (including phenoxy) is 3. The Kier molecular flexibility index (Phi) is 8.52. The van der Waals surface area contributed by atoms with Gasteiger partial charge in [0, 0.05) is 5.56 Å². The summed E-state index contributed by atoms with van der Waals surface area (Å²) in [7, 11) is 3.17. The second kappa shape index (κ2) is 10.1. The van der Waals surface area contributed by atoms with Crippen molar-refractivity contribution in [1.82, 2.24) is 0 Å². The monoisotopic (exact) mass is 322 g/mol. The van der Waals surface area contributed by atoms with Gasteiger partial charge in [0.05, 0.1) is 26.7 Å². The van der Waals surface area contributed by atoms with Gasteiger partial charge in [0.1, 0.15) is 0 Å². The molecule has 0 saturated heterocycles. The Morgan fingerprint density at radius 3 is 2.48 bits per heavy atom. The standard InChI is InChI=1S/C19H30O4/c1-6-8-10-15(7-2)13-23-19(20)14(3)16-11-9-12-17(21-4)18(16)22-5/h9,11-12,14-15H,6-8,10,13H2,1-5H3. The van der Waals surface area contributed by atoms with Gasteiger partial charge in [-0.3, -0.25) is 4.79 Å². The van der Waals surface area contributed by atoms with Gasteiger partial charge in [-0.1, -0.05) is 45.2 Å². The lowest BCUT2D eigenvalue weighted by atomic mass is 9.98. The van der Waals surface area contributed by atoms with Crippen molar-refractivity contribution in [3.05, 3.63) is 23.8 Å². The number of hydrogen-bond donors (Lipinski definition) is 0. The van der Waals surface area contributed by atoms with Crippen LogP contribution in [0.15, 0.2) is 18.2 Å². The highest BCUT2D eigenvalue weighted by atomic mass is 16.5. The molecule has 2 unspecified atom stereocenters. The number of para-hydroxylation sites is 1. The number of hydrogen-bond acceptors (Lipinski definition) is 4. The molecule has 2 atom stereocenters. The van der Waals surface area contributed by atoms with Crippen molar-refractivity contribution in [1.29, 1.82) is 0 Å². The molecule has 0 spiro atoms. The Morgan fingerprint density at radius 1 is 1.17 bits per heavy atom. The largest absolute Gasteiger partial charge is 0.493 e. The topological polar surface area (TPSA) is 44.8 Å². The van der Waals surface area contributed by atoms with Crippen LogP contribution in [0, 0.1) is 5.92 Å². The van der Waals surface area contributed by atoms with Crippen molar-refractivity contribution in [2.24, 2.45) is 5.92 Å². The predicted octanol–water partition coefficient (Wildman–Crippen LogP) is 4.57. The average Bonchev–Trinajstić information content (AvgIpc) is 2.60. The Morgan fingerprint density at radius 2 is 1.91 bits per heavy atom. The Hall–Kier alpha value is -1.71. The molecular formula is C19H30O4. The average molecular weight is 322 g/mol. The Bertz CT molecular complexity index is 484. The summed E-state index contributed by atoms with van der Waals surface area (Å²) in [4.78, 5) is 12.4. The lowest BCUT2D eigenvalue weighted by Crippen LogP contribution is -2.19. The summed E-state index contributed by atoms with van der Waals surface area (Å²) >= 11 is 0. The molecule has 0 N–H and O–H groups in total. The fourth-order valence-electron chi connectivity index (χ4n) is 2.60. The van der Waals surface area contributed by atoms with Crippen molar-refractivity contribution in [2.75, 3.05) is 20.8 Å². The second-order valence-electron chi connectivity index (χ2n) is 5.85. The molecule has 0 fully saturated rings. The highest BCUT2D eigenvalue weighted by Gasteiger charge is 2.23. The minimum absolute atomic E-state index is 0.216. The van der Waals surface area contributed by atoms with Crippen LogP contribution < -0.4 is 9.47 Å². The van der Waals surface area contributed by atoms with Crippen LogP contribution in [0.4, 0.5) is 0 Å². The third-order valence-electron chi connectivity index (χ3n) is 4.26. The van der Waals surface area contributed by atoms with E-state index in [9.17, 15) is 4.79 Å². The van der Waals surface area contributed by atoms with Gasteiger partial charge in [-0.25, -0.2) is 0 Å². The van der Waals surface area contributed by atoms with Crippen LogP contribution in [-0.2, 0) is 9.53 Å². The summed E-state index contributed by atoms with van der Waals surface area (Å²) in [6, 6.07) is 5.55. The maximum atomic E-state index is 12.4. The third-order valence-corrected chi connectivity index (χ3v) is 4.26. The SMILES string of the molecule is CCCCC(CC)COC(=O)C(C)c1cccc(OC)c1OC. The summed E-state index contributed by atoms with van der Waals surface area (Å²) < 4.78 is 16.2. The van der Waals surface area contributed by atoms with Crippen molar-refractivity contribution >= 4 is 5.97 Å². The van der Waals surface area contributed by atoms with Gasteiger partial charge >= 0.3 is 5.97 Å². The summed E-state index contributed by atoms with van der Waals surface area (Å²) in [5, 5.41) is 0. The molecule has 0 aliphatic carbocycles. The second-order valence-corrected chi connectivity index (χ2v) is 5.85. The van der Waals surface area contributed by atoms with E-state index in [4.69, 9.17) is 14.2 Å². The van der Waals surface area contributed by atoms with Crippen molar-refractivity contribution < 1.29 is 19.0 Å². The normalized spacial score (nSPS) is 13.3. The molecule has 0 saturated carbocycles. The predicted molar refractivity (Wildman–Crippen MR) is 92.2 cm³/mol. The van der Waals surface area contributed by atoms with E-state index in [1.165, 1.54) is 12.8 Å². The minimum atomic E-state index is -0.385. The van der Waals surface area contributed by atoms with E-state index in [0.717, 1.165) is 18.4 Å². The fraction of sp³-hybridized carbons (Fsp3) is 0.632. The molecule has 1 aromatic carbocycles. The molecule has 4 heteroatoms. The molecule has 0 radical (unpaired) electrons. The summed E-state index contributed by atoms with van der Waals surface area (Å²) in [6.07, 6.45) is 4.48. The maximum Gasteiger partial charge on any atom is 0.313 e. The number of rotatable bonds is 10. The maximum absolute atomic E-state index is 12.4. The molecular weight excluding hydrogens is 292 g/mol. The van der Waals surface area contributed by atoms with Crippen molar-refractivity contribution in [3.8, 4) is 11.5 Å². The van der Waals surface area contributed by atoms with E-state index in [2.05, 4.69) is 13.8 Å². The van der Waals surface area contributed by atoms with Crippen LogP contribution in [0.5, 0.6) is 11.5 Å². The van der Waals surface area contributed by atoms with Gasteiger partial charge in [0.25, 0.3) is 0 Å². The van der Waals surface area contributed by atoms with Crippen LogP contribution in [0.1, 0.15) is 57.9 Å². The first kappa shape index (κ1) is 19.3. The zero-order valence-electron chi connectivity index (χ0n) is 15.1. The fourth-order valence-corrected chi connectivity index (χ4v) is 2.60. The molecule has 0 bridgehead atoms. The first-order chi connectivity index (χ1) is 11.1. The summed E-state index contributed by atoms with van der Waals surface area (Å²) in [5.74, 6) is 1.06. The number of esters is 1. The van der Waals surface area contributed by atoms with Crippen LogP contribution in [0.3, 0.4) is 0 Å². The zero-order chi connectivity index (χ0) is 17.2. The smallest absolute Gasteiger partial charge is 0.313 e. The molecule has 0 amide bonds. The van der Waals surface area contributed by atoms with Crippen molar-refractivity contribution in [2.45, 2.75) is 52.4 Å². The first-order valence-corrected chi connectivity index (χ1v) is 8.46. The van der Waals surface area contributed by atoms with Gasteiger partial charge in [-0.05, 0) is 25.3 Å². The van der Waals surface area contributed by atoms with Crippen LogP contribution in [0.2, 0.25) is 0 Å². The number of benzene rings is 1. The number of unbranched alkanes of at least 4 members (excludes halogenated alkanes) is 1. The molecule has 0 aromatic heterocycles. The molecule has 4 nitrogen and oxygen atoms in total. The van der Waals surface area contributed by atoms with E-state index in [1.807, 2.05) is 25.1 Å². The zero-order valence-corrected chi connectivity index (χ0v) is 15.1. The number of carbonyl (C=O) groups is 1.